The fourth-order valence-corrected chi connectivity index (χ4v) is 2.92. The second-order valence-electron chi connectivity index (χ2n) is 5.53. The first kappa shape index (κ1) is 13.4. The molecule has 1 aliphatic carbocycles. The second kappa shape index (κ2) is 6.25. The zero-order chi connectivity index (χ0) is 13.8. The number of furan rings is 1. The van der Waals surface area contributed by atoms with Crippen molar-refractivity contribution in [2.45, 2.75) is 43.9 Å². The van der Waals surface area contributed by atoms with E-state index < -0.39 is 0 Å². The van der Waals surface area contributed by atoms with E-state index in [-0.39, 0.29) is 12.1 Å². The lowest BCUT2D eigenvalue weighted by Gasteiger charge is -2.30. The van der Waals surface area contributed by atoms with E-state index in [4.69, 9.17) is 4.42 Å². The van der Waals surface area contributed by atoms with Gasteiger partial charge >= 0.3 is 0 Å². The van der Waals surface area contributed by atoms with E-state index in [2.05, 4.69) is 29.6 Å². The van der Waals surface area contributed by atoms with Crippen LogP contribution in [0.15, 0.2) is 53.1 Å². The summed E-state index contributed by atoms with van der Waals surface area (Å²) in [6.45, 7) is 0. The molecule has 0 bridgehead atoms. The zero-order valence-corrected chi connectivity index (χ0v) is 11.5. The van der Waals surface area contributed by atoms with Gasteiger partial charge in [0.05, 0.1) is 18.4 Å². The molecule has 1 atom stereocenters. The fourth-order valence-electron chi connectivity index (χ4n) is 2.92. The van der Waals surface area contributed by atoms with E-state index in [9.17, 15) is 5.11 Å². The van der Waals surface area contributed by atoms with Crippen LogP contribution in [0.5, 0.6) is 0 Å². The molecule has 0 radical (unpaired) electrons. The average molecular weight is 271 g/mol. The molecule has 0 aliphatic heterocycles. The van der Waals surface area contributed by atoms with E-state index in [1.54, 1.807) is 6.26 Å². The molecule has 1 heterocycles. The maximum atomic E-state index is 9.62. The summed E-state index contributed by atoms with van der Waals surface area (Å²) in [5, 5.41) is 13.3. The molecule has 3 heteroatoms. The molecule has 2 aromatic rings. The monoisotopic (exact) mass is 271 g/mol. The van der Waals surface area contributed by atoms with Gasteiger partial charge in [-0.25, -0.2) is 0 Å². The largest absolute Gasteiger partial charge is 0.467 e. The van der Waals surface area contributed by atoms with Gasteiger partial charge in [0, 0.05) is 6.04 Å². The normalized spacial score (nSPS) is 24.4. The Hall–Kier alpha value is -1.58. The summed E-state index contributed by atoms with van der Waals surface area (Å²) in [6.07, 6.45) is 5.41. The van der Waals surface area contributed by atoms with Crippen LogP contribution in [0.2, 0.25) is 0 Å². The van der Waals surface area contributed by atoms with Crippen LogP contribution < -0.4 is 5.32 Å². The Morgan fingerprint density at radius 3 is 2.40 bits per heavy atom. The molecular formula is C17H21NO2. The van der Waals surface area contributed by atoms with Crippen molar-refractivity contribution in [3.63, 3.8) is 0 Å². The van der Waals surface area contributed by atoms with Crippen molar-refractivity contribution in [2.75, 3.05) is 0 Å². The third-order valence-electron chi connectivity index (χ3n) is 4.06. The van der Waals surface area contributed by atoms with Crippen LogP contribution in [0, 0.1) is 0 Å². The fraction of sp³-hybridized carbons (Fsp3) is 0.412. The van der Waals surface area contributed by atoms with E-state index in [0.29, 0.717) is 6.04 Å². The smallest absolute Gasteiger partial charge is 0.125 e. The van der Waals surface area contributed by atoms with E-state index in [1.165, 1.54) is 5.56 Å². The van der Waals surface area contributed by atoms with Crippen LogP contribution in [0.4, 0.5) is 0 Å². The third-order valence-corrected chi connectivity index (χ3v) is 4.06. The van der Waals surface area contributed by atoms with Gasteiger partial charge in [-0.1, -0.05) is 30.3 Å². The van der Waals surface area contributed by atoms with Gasteiger partial charge in [-0.2, -0.15) is 0 Å². The first-order valence-corrected chi connectivity index (χ1v) is 7.35. The quantitative estimate of drug-likeness (QED) is 0.897. The summed E-state index contributed by atoms with van der Waals surface area (Å²) in [5.41, 5.74) is 1.22. The highest BCUT2D eigenvalue weighted by molar-refractivity contribution is 5.26. The van der Waals surface area contributed by atoms with Crippen molar-refractivity contribution in [3.8, 4) is 0 Å². The molecule has 3 nitrogen and oxygen atoms in total. The summed E-state index contributed by atoms with van der Waals surface area (Å²) >= 11 is 0. The molecule has 1 fully saturated rings. The van der Waals surface area contributed by atoms with Crippen LogP contribution in [0.1, 0.15) is 43.0 Å². The number of hydrogen-bond donors (Lipinski definition) is 2. The molecule has 1 aromatic carbocycles. The minimum absolute atomic E-state index is 0.0893. The number of hydrogen-bond acceptors (Lipinski definition) is 3. The highest BCUT2D eigenvalue weighted by Gasteiger charge is 2.24. The molecule has 1 unspecified atom stereocenters. The Balaban J connectivity index is 1.77. The molecule has 20 heavy (non-hydrogen) atoms. The van der Waals surface area contributed by atoms with Crippen molar-refractivity contribution in [1.82, 2.24) is 5.32 Å². The molecule has 1 aliphatic rings. The maximum absolute atomic E-state index is 9.62. The maximum Gasteiger partial charge on any atom is 0.125 e. The summed E-state index contributed by atoms with van der Waals surface area (Å²) < 4.78 is 5.60. The average Bonchev–Trinajstić information content (AvgIpc) is 3.01. The number of aliphatic hydroxyl groups excluding tert-OH is 1. The minimum Gasteiger partial charge on any atom is -0.467 e. The number of aliphatic hydroxyl groups is 1. The number of benzene rings is 1. The van der Waals surface area contributed by atoms with Gasteiger partial charge in [0.15, 0.2) is 0 Å². The predicted octanol–water partition coefficient (Wildman–Crippen LogP) is 3.26. The van der Waals surface area contributed by atoms with Gasteiger partial charge in [0.2, 0.25) is 0 Å². The van der Waals surface area contributed by atoms with Crippen molar-refractivity contribution in [3.05, 3.63) is 60.1 Å². The highest BCUT2D eigenvalue weighted by Crippen LogP contribution is 2.26. The van der Waals surface area contributed by atoms with E-state index in [1.807, 2.05) is 18.2 Å². The lowest BCUT2D eigenvalue weighted by Crippen LogP contribution is -2.37. The van der Waals surface area contributed by atoms with Crippen molar-refractivity contribution in [1.29, 1.82) is 0 Å². The standard InChI is InChI=1S/C17H21NO2/c19-15-10-8-14(9-11-15)18-17(16-7-4-12-20-16)13-5-2-1-3-6-13/h1-7,12,14-15,17-19H,8-11H2. The van der Waals surface area contributed by atoms with Gasteiger partial charge in [0.1, 0.15) is 5.76 Å². The van der Waals surface area contributed by atoms with Gasteiger partial charge in [-0.15, -0.1) is 0 Å². The Labute approximate surface area is 119 Å². The SMILES string of the molecule is OC1CCC(NC(c2ccccc2)c2ccco2)CC1. The Bertz CT molecular complexity index is 501. The van der Waals surface area contributed by atoms with Crippen molar-refractivity contribution >= 4 is 0 Å². The Morgan fingerprint density at radius 2 is 1.75 bits per heavy atom. The lowest BCUT2D eigenvalue weighted by molar-refractivity contribution is 0.114. The molecule has 1 saturated carbocycles. The highest BCUT2D eigenvalue weighted by atomic mass is 16.3. The molecule has 1 aromatic heterocycles. The number of rotatable bonds is 4. The predicted molar refractivity (Wildman–Crippen MR) is 78.4 cm³/mol. The first-order valence-electron chi connectivity index (χ1n) is 7.35. The molecule has 3 rings (SSSR count). The zero-order valence-electron chi connectivity index (χ0n) is 11.5. The lowest BCUT2D eigenvalue weighted by atomic mass is 9.91. The topological polar surface area (TPSA) is 45.4 Å². The summed E-state index contributed by atoms with van der Waals surface area (Å²) in [5.74, 6) is 0.947. The number of nitrogens with one attached hydrogen (secondary N) is 1. The van der Waals surface area contributed by atoms with E-state index in [0.717, 1.165) is 31.4 Å². The van der Waals surface area contributed by atoms with Gasteiger partial charge < -0.3 is 14.8 Å². The first-order chi connectivity index (χ1) is 9.83. The molecule has 0 saturated heterocycles. The van der Waals surface area contributed by atoms with Crippen LogP contribution >= 0.6 is 0 Å². The summed E-state index contributed by atoms with van der Waals surface area (Å²) in [7, 11) is 0. The summed E-state index contributed by atoms with van der Waals surface area (Å²) in [6, 6.07) is 14.9. The van der Waals surface area contributed by atoms with Crippen LogP contribution in [0.3, 0.4) is 0 Å². The molecule has 2 N–H and O–H groups in total. The van der Waals surface area contributed by atoms with Gasteiger partial charge in [-0.3, -0.25) is 0 Å². The Morgan fingerprint density at radius 1 is 1.00 bits per heavy atom. The van der Waals surface area contributed by atoms with Crippen molar-refractivity contribution in [2.24, 2.45) is 0 Å². The second-order valence-corrected chi connectivity index (χ2v) is 5.53. The van der Waals surface area contributed by atoms with Crippen LogP contribution in [0.25, 0.3) is 0 Å². The third kappa shape index (κ3) is 3.11. The van der Waals surface area contributed by atoms with Crippen molar-refractivity contribution < 1.29 is 9.52 Å². The van der Waals surface area contributed by atoms with Gasteiger partial charge in [-0.05, 0) is 43.4 Å². The molecule has 0 spiro atoms. The minimum atomic E-state index is -0.119. The van der Waals surface area contributed by atoms with Crippen LogP contribution in [-0.2, 0) is 0 Å². The molecule has 0 amide bonds. The van der Waals surface area contributed by atoms with Crippen LogP contribution in [-0.4, -0.2) is 17.3 Å². The summed E-state index contributed by atoms with van der Waals surface area (Å²) in [4.78, 5) is 0. The Kier molecular flexibility index (Phi) is 4.19. The molecular weight excluding hydrogens is 250 g/mol. The van der Waals surface area contributed by atoms with Gasteiger partial charge in [0.25, 0.3) is 0 Å². The molecule has 106 valence electrons. The van der Waals surface area contributed by atoms with E-state index >= 15 is 0 Å².